The zero-order valence-corrected chi connectivity index (χ0v) is 15.4. The Morgan fingerprint density at radius 1 is 0.966 bits per heavy atom. The number of esters is 1. The number of rotatable bonds is 6. The Bertz CT molecular complexity index is 980. The van der Waals surface area contributed by atoms with E-state index in [9.17, 15) is 19.2 Å². The van der Waals surface area contributed by atoms with Crippen molar-refractivity contribution >= 4 is 23.7 Å². The Labute approximate surface area is 167 Å². The highest BCUT2D eigenvalue weighted by Gasteiger charge is 2.51. The first-order valence-corrected chi connectivity index (χ1v) is 9.21. The second-order valence-corrected chi connectivity index (χ2v) is 6.82. The average molecular weight is 390 g/mol. The number of nitrogens with zero attached hydrogens (tertiary/aromatic N) is 1. The van der Waals surface area contributed by atoms with Crippen LogP contribution in [0.1, 0.15) is 32.7 Å². The fourth-order valence-corrected chi connectivity index (χ4v) is 3.47. The first-order chi connectivity index (χ1) is 14.1. The largest absolute Gasteiger partial charge is 0.458 e. The van der Waals surface area contributed by atoms with Gasteiger partial charge in [-0.05, 0) is 24.1 Å². The van der Waals surface area contributed by atoms with Crippen LogP contribution < -0.4 is 5.32 Å². The average Bonchev–Trinajstić information content (AvgIpc) is 2.98. The molecule has 7 nitrogen and oxygen atoms in total. The molecule has 2 aliphatic rings. The van der Waals surface area contributed by atoms with Crippen LogP contribution in [-0.4, -0.2) is 40.7 Å². The first kappa shape index (κ1) is 18.6. The molecular formula is C22H18N2O5. The number of carbonyl (C=O) groups excluding carboxylic acids is 4. The molecule has 0 bridgehead atoms. The number of imide groups is 1. The maximum atomic E-state index is 12.6. The maximum Gasteiger partial charge on any atom is 0.330 e. The number of nitrogens with one attached hydrogen (secondary N) is 1. The molecule has 2 atom stereocenters. The van der Waals surface area contributed by atoms with Crippen LogP contribution in [0.3, 0.4) is 0 Å². The lowest BCUT2D eigenvalue weighted by Gasteiger charge is -2.40. The molecule has 0 unspecified atom stereocenters. The summed E-state index contributed by atoms with van der Waals surface area (Å²) in [7, 11) is 0. The van der Waals surface area contributed by atoms with Gasteiger partial charge in [-0.25, -0.2) is 4.79 Å². The van der Waals surface area contributed by atoms with Gasteiger partial charge in [0.25, 0.3) is 11.8 Å². The molecule has 29 heavy (non-hydrogen) atoms. The molecule has 0 aromatic heterocycles. The third-order valence-electron chi connectivity index (χ3n) is 4.95. The van der Waals surface area contributed by atoms with Gasteiger partial charge < -0.3 is 10.1 Å². The molecule has 1 N–H and O–H groups in total. The second-order valence-electron chi connectivity index (χ2n) is 6.82. The Morgan fingerprint density at radius 3 is 2.21 bits per heavy atom. The van der Waals surface area contributed by atoms with E-state index in [-0.39, 0.29) is 12.5 Å². The summed E-state index contributed by atoms with van der Waals surface area (Å²) in [5.41, 5.74) is 1.48. The third kappa shape index (κ3) is 3.54. The summed E-state index contributed by atoms with van der Waals surface area (Å²) < 4.78 is 5.15. The van der Waals surface area contributed by atoms with Crippen LogP contribution in [0.5, 0.6) is 0 Å². The Hall–Kier alpha value is -3.74. The summed E-state index contributed by atoms with van der Waals surface area (Å²) >= 11 is 0. The topological polar surface area (TPSA) is 92.8 Å². The molecule has 2 aromatic rings. The Kier molecular flexibility index (Phi) is 4.95. The van der Waals surface area contributed by atoms with Crippen molar-refractivity contribution in [3.05, 3.63) is 83.4 Å². The predicted octanol–water partition coefficient (Wildman–Crippen LogP) is 1.84. The summed E-state index contributed by atoms with van der Waals surface area (Å²) in [6, 6.07) is 14.5. The van der Waals surface area contributed by atoms with Crippen LogP contribution in [-0.2, 0) is 20.9 Å². The van der Waals surface area contributed by atoms with Crippen molar-refractivity contribution < 1.29 is 23.9 Å². The van der Waals surface area contributed by atoms with Gasteiger partial charge in [-0.1, -0.05) is 48.5 Å². The number of hydrogen-bond acceptors (Lipinski definition) is 5. The van der Waals surface area contributed by atoms with E-state index in [4.69, 9.17) is 4.74 Å². The number of hydrogen-bond donors (Lipinski definition) is 1. The zero-order chi connectivity index (χ0) is 20.4. The molecule has 4 rings (SSSR count). The molecule has 3 amide bonds. The van der Waals surface area contributed by atoms with Crippen molar-refractivity contribution in [2.45, 2.75) is 25.1 Å². The van der Waals surface area contributed by atoms with Gasteiger partial charge in [0.15, 0.2) is 0 Å². The minimum absolute atomic E-state index is 0.168. The SMILES string of the molecule is O=C(/C=C/C[C@H]1NC(=O)[C@@H]1N1C(=O)c2ccccc2C1=O)OCc1ccccc1. The molecule has 2 heterocycles. The lowest BCUT2D eigenvalue weighted by molar-refractivity contribution is -0.139. The smallest absolute Gasteiger partial charge is 0.330 e. The summed E-state index contributed by atoms with van der Waals surface area (Å²) in [4.78, 5) is 50.0. The number of carbonyl (C=O) groups is 4. The van der Waals surface area contributed by atoms with E-state index in [2.05, 4.69) is 5.32 Å². The molecule has 1 fully saturated rings. The number of amides is 3. The van der Waals surface area contributed by atoms with Crippen LogP contribution >= 0.6 is 0 Å². The monoisotopic (exact) mass is 390 g/mol. The molecule has 0 saturated carbocycles. The van der Waals surface area contributed by atoms with Crippen LogP contribution in [0.4, 0.5) is 0 Å². The highest BCUT2D eigenvalue weighted by molar-refractivity contribution is 6.23. The molecule has 146 valence electrons. The van der Waals surface area contributed by atoms with E-state index >= 15 is 0 Å². The lowest BCUT2D eigenvalue weighted by atomic mass is 9.94. The van der Waals surface area contributed by atoms with Crippen molar-refractivity contribution in [3.8, 4) is 0 Å². The molecule has 0 radical (unpaired) electrons. The van der Waals surface area contributed by atoms with Crippen LogP contribution in [0.2, 0.25) is 0 Å². The van der Waals surface area contributed by atoms with Crippen molar-refractivity contribution in [2.24, 2.45) is 0 Å². The normalized spacial score (nSPS) is 20.4. The van der Waals surface area contributed by atoms with E-state index in [1.807, 2.05) is 30.3 Å². The Balaban J connectivity index is 1.35. The molecule has 0 spiro atoms. The van der Waals surface area contributed by atoms with Gasteiger partial charge in [0.05, 0.1) is 17.2 Å². The highest BCUT2D eigenvalue weighted by atomic mass is 16.5. The summed E-state index contributed by atoms with van der Waals surface area (Å²) in [6.07, 6.45) is 3.15. The fraction of sp³-hybridized carbons (Fsp3) is 0.182. The van der Waals surface area contributed by atoms with Gasteiger partial charge in [0.2, 0.25) is 5.91 Å². The van der Waals surface area contributed by atoms with Crippen LogP contribution in [0.15, 0.2) is 66.7 Å². The standard InChI is InChI=1S/C22H18N2O5/c25-18(29-13-14-7-2-1-3-8-14)12-6-11-17-19(20(26)23-17)24-21(27)15-9-4-5-10-16(15)22(24)28/h1-10,12,17,19H,11,13H2,(H,23,26)/b12-6+/t17-,19-/m1/s1. The van der Waals surface area contributed by atoms with Gasteiger partial charge in [-0.3, -0.25) is 19.3 Å². The van der Waals surface area contributed by atoms with Crippen LogP contribution in [0.25, 0.3) is 0 Å². The molecule has 2 aliphatic heterocycles. The molecule has 0 aliphatic carbocycles. The minimum Gasteiger partial charge on any atom is -0.458 e. The molecule has 1 saturated heterocycles. The summed E-state index contributed by atoms with van der Waals surface area (Å²) in [6.45, 7) is 0.168. The van der Waals surface area contributed by atoms with Gasteiger partial charge >= 0.3 is 5.97 Å². The molecule has 7 heteroatoms. The minimum atomic E-state index is -0.882. The summed E-state index contributed by atoms with van der Waals surface area (Å²) in [5, 5.41) is 2.68. The number of β-lactam (4-membered cyclic amide) rings is 1. The number of ether oxygens (including phenoxy) is 1. The van der Waals surface area contributed by atoms with Gasteiger partial charge in [-0.2, -0.15) is 0 Å². The van der Waals surface area contributed by atoms with Gasteiger partial charge in [0.1, 0.15) is 12.6 Å². The molecular weight excluding hydrogens is 372 g/mol. The molecule has 2 aromatic carbocycles. The quantitative estimate of drug-likeness (QED) is 0.352. The van der Waals surface area contributed by atoms with E-state index in [1.54, 1.807) is 30.3 Å². The summed E-state index contributed by atoms with van der Waals surface area (Å²) in [5.74, 6) is -1.83. The zero-order valence-electron chi connectivity index (χ0n) is 15.4. The van der Waals surface area contributed by atoms with E-state index in [1.165, 1.54) is 6.08 Å². The van der Waals surface area contributed by atoms with E-state index < -0.39 is 29.9 Å². The van der Waals surface area contributed by atoms with Crippen LogP contribution in [0, 0.1) is 0 Å². The third-order valence-corrected chi connectivity index (χ3v) is 4.95. The fourth-order valence-electron chi connectivity index (χ4n) is 3.47. The second kappa shape index (κ2) is 7.71. The lowest BCUT2D eigenvalue weighted by Crippen LogP contribution is -2.69. The van der Waals surface area contributed by atoms with Crippen molar-refractivity contribution in [3.63, 3.8) is 0 Å². The van der Waals surface area contributed by atoms with Crippen molar-refractivity contribution in [2.75, 3.05) is 0 Å². The number of benzene rings is 2. The maximum absolute atomic E-state index is 12.6. The van der Waals surface area contributed by atoms with Gasteiger partial charge in [0, 0.05) is 6.08 Å². The number of fused-ring (bicyclic) bond motifs is 1. The van der Waals surface area contributed by atoms with Crippen molar-refractivity contribution in [1.82, 2.24) is 10.2 Å². The van der Waals surface area contributed by atoms with Crippen molar-refractivity contribution in [1.29, 1.82) is 0 Å². The Morgan fingerprint density at radius 2 is 1.59 bits per heavy atom. The van der Waals surface area contributed by atoms with Gasteiger partial charge in [-0.15, -0.1) is 0 Å². The van der Waals surface area contributed by atoms with E-state index in [0.717, 1.165) is 10.5 Å². The predicted molar refractivity (Wildman–Crippen MR) is 103 cm³/mol. The highest BCUT2D eigenvalue weighted by Crippen LogP contribution is 2.29. The first-order valence-electron chi connectivity index (χ1n) is 9.21. The van der Waals surface area contributed by atoms with E-state index in [0.29, 0.717) is 17.5 Å².